The van der Waals surface area contributed by atoms with Gasteiger partial charge in [0.2, 0.25) is 5.95 Å². The van der Waals surface area contributed by atoms with Gasteiger partial charge in [0.05, 0.1) is 26.4 Å². The Morgan fingerprint density at radius 1 is 1.03 bits per heavy atom. The van der Waals surface area contributed by atoms with Gasteiger partial charge in [-0.15, -0.1) is 0 Å². The van der Waals surface area contributed by atoms with Crippen LogP contribution in [-0.2, 0) is 21.3 Å². The molecule has 2 aliphatic rings. The molecule has 2 aliphatic heterocycles. The highest BCUT2D eigenvalue weighted by Gasteiger charge is 2.38. The zero-order valence-electron chi connectivity index (χ0n) is 20.5. The second kappa shape index (κ2) is 13.4. The number of hydrogen-bond donors (Lipinski definition) is 2. The molecule has 0 radical (unpaired) electrons. The molecule has 2 fully saturated rings. The molecule has 2 aromatic heterocycles. The quantitative estimate of drug-likeness (QED) is 0.514. The van der Waals surface area contributed by atoms with E-state index in [1.54, 1.807) is 0 Å². The van der Waals surface area contributed by atoms with Crippen molar-refractivity contribution in [1.29, 1.82) is 0 Å². The molecule has 14 heteroatoms. The first-order valence-corrected chi connectivity index (χ1v) is 11.8. The Balaban J connectivity index is 0.000000479. The number of carboxylic acids is 1. The fourth-order valence-electron chi connectivity index (χ4n) is 3.76. The molecular formula is C23H31F3N6O5. The number of amides is 1. The van der Waals surface area contributed by atoms with Crippen LogP contribution in [0, 0.1) is 0 Å². The van der Waals surface area contributed by atoms with E-state index in [0.717, 1.165) is 69.4 Å². The predicted molar refractivity (Wildman–Crippen MR) is 127 cm³/mol. The third-order valence-corrected chi connectivity index (χ3v) is 5.79. The molecule has 0 aliphatic carbocycles. The minimum absolute atomic E-state index is 0.0587. The van der Waals surface area contributed by atoms with Crippen LogP contribution in [0.1, 0.15) is 16.9 Å². The van der Waals surface area contributed by atoms with Gasteiger partial charge < -0.3 is 29.4 Å². The third kappa shape index (κ3) is 8.68. The standard InChI is InChI=1S/C21H30N6O3.C2HF3O2/c1-25-16-17(18-14-23-21(24-15-18)27-7-11-30-12-8-27)13-19(25)20(28)22-3-2-4-26-5-9-29-10-6-26;3-2(4,5)1(6)7/h13-16H,2-12H2,1H3,(H,22,28);(H,6,7). The molecule has 0 aromatic carbocycles. The van der Waals surface area contributed by atoms with Crippen molar-refractivity contribution < 1.29 is 37.3 Å². The van der Waals surface area contributed by atoms with E-state index in [9.17, 15) is 18.0 Å². The van der Waals surface area contributed by atoms with Crippen molar-refractivity contribution >= 4 is 17.8 Å². The third-order valence-electron chi connectivity index (χ3n) is 5.79. The fraction of sp³-hybridized carbons (Fsp3) is 0.565. The summed E-state index contributed by atoms with van der Waals surface area (Å²) in [5.41, 5.74) is 2.46. The summed E-state index contributed by atoms with van der Waals surface area (Å²) in [6, 6.07) is 1.89. The van der Waals surface area contributed by atoms with E-state index in [0.29, 0.717) is 25.5 Å². The second-order valence-electron chi connectivity index (χ2n) is 8.46. The van der Waals surface area contributed by atoms with Crippen molar-refractivity contribution in [3.8, 4) is 11.1 Å². The molecule has 37 heavy (non-hydrogen) atoms. The number of ether oxygens (including phenoxy) is 2. The number of carboxylic acid groups (broad SMARTS) is 1. The SMILES string of the molecule is Cn1cc(-c2cnc(N3CCOCC3)nc2)cc1C(=O)NCCCN1CCOCC1.O=C(O)C(F)(F)F. The number of aromatic nitrogens is 3. The average Bonchev–Trinajstić information content (AvgIpc) is 3.29. The number of nitrogens with one attached hydrogen (secondary N) is 1. The van der Waals surface area contributed by atoms with E-state index in [4.69, 9.17) is 19.4 Å². The van der Waals surface area contributed by atoms with Crippen molar-refractivity contribution in [2.75, 3.05) is 70.6 Å². The second-order valence-corrected chi connectivity index (χ2v) is 8.46. The molecule has 4 rings (SSSR count). The van der Waals surface area contributed by atoms with E-state index in [1.165, 1.54) is 0 Å². The van der Waals surface area contributed by atoms with Gasteiger partial charge in [-0.25, -0.2) is 14.8 Å². The normalized spacial score (nSPS) is 16.6. The number of carbonyl (C=O) groups excluding carboxylic acids is 1. The lowest BCUT2D eigenvalue weighted by Crippen LogP contribution is -2.38. The number of nitrogens with zero attached hydrogens (tertiary/aromatic N) is 5. The van der Waals surface area contributed by atoms with Crippen LogP contribution in [0.15, 0.2) is 24.7 Å². The lowest BCUT2D eigenvalue weighted by Gasteiger charge is -2.26. The van der Waals surface area contributed by atoms with Crippen molar-refractivity contribution in [1.82, 2.24) is 24.8 Å². The summed E-state index contributed by atoms with van der Waals surface area (Å²) in [6.45, 7) is 8.21. The van der Waals surface area contributed by atoms with Crippen molar-refractivity contribution in [2.24, 2.45) is 7.05 Å². The Morgan fingerprint density at radius 2 is 1.59 bits per heavy atom. The zero-order chi connectivity index (χ0) is 26.8. The van der Waals surface area contributed by atoms with Gasteiger partial charge in [0.15, 0.2) is 0 Å². The van der Waals surface area contributed by atoms with E-state index in [2.05, 4.69) is 25.1 Å². The number of carbonyl (C=O) groups is 2. The highest BCUT2D eigenvalue weighted by molar-refractivity contribution is 5.94. The number of rotatable bonds is 7. The van der Waals surface area contributed by atoms with Crippen LogP contribution >= 0.6 is 0 Å². The molecule has 204 valence electrons. The van der Waals surface area contributed by atoms with Gasteiger partial charge in [-0.3, -0.25) is 9.69 Å². The summed E-state index contributed by atoms with van der Waals surface area (Å²) in [6.07, 6.45) is 1.42. The predicted octanol–water partition coefficient (Wildman–Crippen LogP) is 1.40. The summed E-state index contributed by atoms with van der Waals surface area (Å²) in [4.78, 5) is 35.0. The van der Waals surface area contributed by atoms with Gasteiger partial charge >= 0.3 is 12.1 Å². The Kier molecular flexibility index (Phi) is 10.2. The molecule has 0 atom stereocenters. The first kappa shape index (κ1) is 28.3. The molecule has 1 amide bonds. The number of aliphatic carboxylic acids is 1. The van der Waals surface area contributed by atoms with Gasteiger partial charge in [0.25, 0.3) is 5.91 Å². The van der Waals surface area contributed by atoms with Crippen LogP contribution in [-0.4, -0.2) is 108 Å². The molecule has 0 bridgehead atoms. The van der Waals surface area contributed by atoms with Crippen LogP contribution in [0.4, 0.5) is 19.1 Å². The fourth-order valence-corrected chi connectivity index (χ4v) is 3.76. The molecule has 2 saturated heterocycles. The monoisotopic (exact) mass is 528 g/mol. The van der Waals surface area contributed by atoms with E-state index >= 15 is 0 Å². The number of morpholine rings is 2. The molecule has 0 saturated carbocycles. The first-order chi connectivity index (χ1) is 17.6. The lowest BCUT2D eigenvalue weighted by molar-refractivity contribution is -0.192. The number of hydrogen-bond acceptors (Lipinski definition) is 8. The van der Waals surface area contributed by atoms with E-state index in [1.807, 2.05) is 36.3 Å². The minimum Gasteiger partial charge on any atom is -0.475 e. The summed E-state index contributed by atoms with van der Waals surface area (Å²) in [5, 5.41) is 10.2. The summed E-state index contributed by atoms with van der Waals surface area (Å²) < 4.78 is 44.3. The maximum absolute atomic E-state index is 12.6. The van der Waals surface area contributed by atoms with Gasteiger partial charge in [-0.2, -0.15) is 13.2 Å². The van der Waals surface area contributed by atoms with Crippen molar-refractivity contribution in [3.63, 3.8) is 0 Å². The van der Waals surface area contributed by atoms with Crippen LogP contribution in [0.3, 0.4) is 0 Å². The topological polar surface area (TPSA) is 122 Å². The Labute approximate surface area is 212 Å². The Morgan fingerprint density at radius 3 is 2.16 bits per heavy atom. The van der Waals surface area contributed by atoms with Crippen LogP contribution in [0.5, 0.6) is 0 Å². The first-order valence-electron chi connectivity index (χ1n) is 11.8. The number of anilines is 1. The smallest absolute Gasteiger partial charge is 0.475 e. The molecule has 0 unspecified atom stereocenters. The molecule has 0 spiro atoms. The highest BCUT2D eigenvalue weighted by atomic mass is 19.4. The minimum atomic E-state index is -5.08. The molecule has 2 aromatic rings. The highest BCUT2D eigenvalue weighted by Crippen LogP contribution is 2.22. The summed E-state index contributed by atoms with van der Waals surface area (Å²) >= 11 is 0. The van der Waals surface area contributed by atoms with Gasteiger partial charge in [0, 0.05) is 69.5 Å². The average molecular weight is 529 g/mol. The van der Waals surface area contributed by atoms with Crippen LogP contribution in [0.25, 0.3) is 11.1 Å². The van der Waals surface area contributed by atoms with Gasteiger partial charge in [-0.05, 0) is 19.0 Å². The Bertz CT molecular complexity index is 1020. The maximum atomic E-state index is 12.6. The lowest BCUT2D eigenvalue weighted by atomic mass is 10.2. The summed E-state index contributed by atoms with van der Waals surface area (Å²) in [5.74, 6) is -2.10. The largest absolute Gasteiger partial charge is 0.490 e. The molecular weight excluding hydrogens is 497 g/mol. The number of halogens is 3. The van der Waals surface area contributed by atoms with E-state index in [-0.39, 0.29) is 5.91 Å². The van der Waals surface area contributed by atoms with Crippen LogP contribution < -0.4 is 10.2 Å². The molecule has 2 N–H and O–H groups in total. The molecule has 4 heterocycles. The number of aryl methyl sites for hydroxylation is 1. The molecule has 11 nitrogen and oxygen atoms in total. The maximum Gasteiger partial charge on any atom is 0.490 e. The van der Waals surface area contributed by atoms with Gasteiger partial charge in [0.1, 0.15) is 5.69 Å². The van der Waals surface area contributed by atoms with E-state index < -0.39 is 12.1 Å². The van der Waals surface area contributed by atoms with Gasteiger partial charge in [-0.1, -0.05) is 0 Å². The Hall–Kier alpha value is -3.23. The summed E-state index contributed by atoms with van der Waals surface area (Å²) in [7, 11) is 1.88. The van der Waals surface area contributed by atoms with Crippen molar-refractivity contribution in [2.45, 2.75) is 12.6 Å². The van der Waals surface area contributed by atoms with Crippen LogP contribution in [0.2, 0.25) is 0 Å². The van der Waals surface area contributed by atoms with Crippen molar-refractivity contribution in [3.05, 3.63) is 30.4 Å². The number of alkyl halides is 3. The zero-order valence-corrected chi connectivity index (χ0v) is 20.5.